The van der Waals surface area contributed by atoms with Gasteiger partial charge in [0.25, 0.3) is 5.69 Å². The van der Waals surface area contributed by atoms with E-state index in [9.17, 15) is 14.3 Å². The minimum Gasteiger partial charge on any atom is -0.396 e. The lowest BCUT2D eigenvalue weighted by molar-refractivity contribution is -0.385. The molecule has 1 heterocycles. The van der Waals surface area contributed by atoms with Crippen LogP contribution in [0.3, 0.4) is 0 Å². The van der Waals surface area contributed by atoms with Crippen LogP contribution in [0.15, 0.2) is 41.6 Å². The molecule has 2 N–H and O–H groups in total. The molecule has 0 saturated carbocycles. The summed E-state index contributed by atoms with van der Waals surface area (Å²) in [6.07, 6.45) is 1.52. The minimum absolute atomic E-state index is 0.0218. The topological polar surface area (TPSA) is 99.1 Å². The molecule has 0 radical (unpaired) electrons. The second kappa shape index (κ2) is 5.79. The molecule has 7 heteroatoms. The molecule has 104 valence electrons. The highest BCUT2D eigenvalue weighted by Gasteiger charge is 2.16. The fraction of sp³-hybridized carbons (Fsp3) is 0.154. The first-order valence-electron chi connectivity index (χ1n) is 5.82. The average Bonchev–Trinajstić information content (AvgIpc) is 2.41. The van der Waals surface area contributed by atoms with Crippen LogP contribution in [0.1, 0.15) is 11.1 Å². The summed E-state index contributed by atoms with van der Waals surface area (Å²) in [4.78, 5) is 14.4. The van der Waals surface area contributed by atoms with Gasteiger partial charge in [-0.3, -0.25) is 14.3 Å². The Morgan fingerprint density at radius 1 is 1.35 bits per heavy atom. The zero-order valence-corrected chi connectivity index (χ0v) is 11.6. The van der Waals surface area contributed by atoms with Gasteiger partial charge in [0.2, 0.25) is 0 Å². The second-order valence-corrected chi connectivity index (χ2v) is 5.57. The molecular formula is C13H13N3O3S. The van der Waals surface area contributed by atoms with Crippen LogP contribution in [-0.4, -0.2) is 14.1 Å². The average molecular weight is 291 g/mol. The third-order valence-electron chi connectivity index (χ3n) is 2.92. The molecule has 0 fully saturated rings. The fourth-order valence-electron chi connectivity index (χ4n) is 1.83. The highest BCUT2D eigenvalue weighted by Crippen LogP contribution is 2.24. The van der Waals surface area contributed by atoms with Crippen molar-refractivity contribution >= 4 is 22.2 Å². The van der Waals surface area contributed by atoms with Gasteiger partial charge in [0.1, 0.15) is 5.03 Å². The van der Waals surface area contributed by atoms with Crippen molar-refractivity contribution in [3.8, 4) is 0 Å². The summed E-state index contributed by atoms with van der Waals surface area (Å²) in [5.41, 5.74) is 7.27. The molecule has 0 amide bonds. The third-order valence-corrected chi connectivity index (χ3v) is 4.26. The number of rotatable bonds is 4. The molecule has 0 spiro atoms. The Balaban J connectivity index is 2.32. The maximum atomic E-state index is 12.3. The fourth-order valence-corrected chi connectivity index (χ4v) is 3.07. The highest BCUT2D eigenvalue weighted by molar-refractivity contribution is 7.84. The summed E-state index contributed by atoms with van der Waals surface area (Å²) in [6.45, 7) is 1.65. The van der Waals surface area contributed by atoms with Gasteiger partial charge in [0, 0.05) is 17.8 Å². The van der Waals surface area contributed by atoms with E-state index >= 15 is 0 Å². The van der Waals surface area contributed by atoms with Crippen LogP contribution in [0, 0.1) is 17.0 Å². The first kappa shape index (κ1) is 14.1. The lowest BCUT2D eigenvalue weighted by Gasteiger charge is -2.07. The largest absolute Gasteiger partial charge is 0.396 e. The van der Waals surface area contributed by atoms with Crippen LogP contribution in [0.2, 0.25) is 0 Å². The Hall–Kier alpha value is -2.28. The number of pyridine rings is 1. The van der Waals surface area contributed by atoms with E-state index in [4.69, 9.17) is 5.73 Å². The standard InChI is InChI=1S/C13H13N3O3S/c1-9-10(4-2-6-12(9)16(17)18)8-20(19)13-11(14)5-3-7-15-13/h2-7H,8,14H2,1H3. The Bertz CT molecular complexity index is 688. The van der Waals surface area contributed by atoms with Crippen LogP contribution < -0.4 is 5.73 Å². The van der Waals surface area contributed by atoms with E-state index in [0.717, 1.165) is 0 Å². The zero-order valence-electron chi connectivity index (χ0n) is 10.8. The van der Waals surface area contributed by atoms with Crippen molar-refractivity contribution in [2.24, 2.45) is 0 Å². The third kappa shape index (κ3) is 2.83. The summed E-state index contributed by atoms with van der Waals surface area (Å²) in [6, 6.07) is 8.02. The minimum atomic E-state index is -1.44. The number of nitro benzene ring substituents is 1. The van der Waals surface area contributed by atoms with Crippen molar-refractivity contribution in [2.45, 2.75) is 17.7 Å². The number of benzene rings is 1. The van der Waals surface area contributed by atoms with Gasteiger partial charge < -0.3 is 5.73 Å². The van der Waals surface area contributed by atoms with Crippen molar-refractivity contribution in [3.05, 3.63) is 57.8 Å². The summed E-state index contributed by atoms with van der Waals surface area (Å²) < 4.78 is 12.3. The molecule has 6 nitrogen and oxygen atoms in total. The van der Waals surface area contributed by atoms with Gasteiger partial charge in [-0.1, -0.05) is 12.1 Å². The van der Waals surface area contributed by atoms with E-state index in [1.165, 1.54) is 12.3 Å². The smallest absolute Gasteiger partial charge is 0.272 e. The number of aromatic nitrogens is 1. The van der Waals surface area contributed by atoms with Crippen molar-refractivity contribution in [1.29, 1.82) is 0 Å². The van der Waals surface area contributed by atoms with Crippen LogP contribution in [0.4, 0.5) is 11.4 Å². The number of hydrogen-bond acceptors (Lipinski definition) is 5. The van der Waals surface area contributed by atoms with Gasteiger partial charge in [-0.25, -0.2) is 4.98 Å². The predicted molar refractivity (Wildman–Crippen MR) is 76.6 cm³/mol. The quantitative estimate of drug-likeness (QED) is 0.687. The molecule has 0 aliphatic carbocycles. The molecule has 1 aromatic carbocycles. The number of nitrogens with zero attached hydrogens (tertiary/aromatic N) is 2. The summed E-state index contributed by atoms with van der Waals surface area (Å²) >= 11 is 0. The van der Waals surface area contributed by atoms with E-state index in [1.807, 2.05) is 0 Å². The van der Waals surface area contributed by atoms with Crippen LogP contribution >= 0.6 is 0 Å². The number of nitro groups is 1. The lowest BCUT2D eigenvalue weighted by atomic mass is 10.1. The predicted octanol–water partition coefficient (Wildman–Crippen LogP) is 2.19. The molecule has 1 aromatic heterocycles. The molecule has 1 atom stereocenters. The van der Waals surface area contributed by atoms with Gasteiger partial charge in [0.15, 0.2) is 0 Å². The van der Waals surface area contributed by atoms with Crippen molar-refractivity contribution < 1.29 is 9.13 Å². The van der Waals surface area contributed by atoms with E-state index in [1.54, 1.807) is 31.2 Å². The summed E-state index contributed by atoms with van der Waals surface area (Å²) in [5.74, 6) is 0.148. The van der Waals surface area contributed by atoms with Crippen molar-refractivity contribution in [2.75, 3.05) is 5.73 Å². The maximum absolute atomic E-state index is 12.3. The summed E-state index contributed by atoms with van der Waals surface area (Å²) in [5, 5.41) is 11.2. The number of nitrogen functional groups attached to an aromatic ring is 1. The molecule has 1 unspecified atom stereocenters. The van der Waals surface area contributed by atoms with Crippen LogP contribution in [0.5, 0.6) is 0 Å². The molecule has 2 rings (SSSR count). The van der Waals surface area contributed by atoms with Gasteiger partial charge in [0.05, 0.1) is 27.2 Å². The Morgan fingerprint density at radius 3 is 2.75 bits per heavy atom. The molecule has 0 aliphatic rings. The number of nitrogens with two attached hydrogens (primary N) is 1. The van der Waals surface area contributed by atoms with Crippen molar-refractivity contribution in [3.63, 3.8) is 0 Å². The lowest BCUT2D eigenvalue weighted by Crippen LogP contribution is -2.05. The number of hydrogen-bond donors (Lipinski definition) is 1. The van der Waals surface area contributed by atoms with E-state index in [-0.39, 0.29) is 11.4 Å². The van der Waals surface area contributed by atoms with E-state index < -0.39 is 15.7 Å². The molecule has 0 aliphatic heterocycles. The normalized spacial score (nSPS) is 12.1. The SMILES string of the molecule is Cc1c(CS(=O)c2ncccc2N)cccc1[N+](=O)[O-]. The molecule has 0 saturated heterocycles. The first-order valence-corrected chi connectivity index (χ1v) is 7.14. The maximum Gasteiger partial charge on any atom is 0.272 e. The Morgan fingerprint density at radius 2 is 2.10 bits per heavy atom. The molecule has 0 bridgehead atoms. The van der Waals surface area contributed by atoms with Gasteiger partial charge in [-0.2, -0.15) is 0 Å². The molecule has 20 heavy (non-hydrogen) atoms. The van der Waals surface area contributed by atoms with E-state index in [0.29, 0.717) is 21.8 Å². The zero-order chi connectivity index (χ0) is 14.7. The van der Waals surface area contributed by atoms with E-state index in [2.05, 4.69) is 4.98 Å². The van der Waals surface area contributed by atoms with Gasteiger partial charge >= 0.3 is 0 Å². The first-order chi connectivity index (χ1) is 9.50. The number of anilines is 1. The van der Waals surface area contributed by atoms with Crippen LogP contribution in [0.25, 0.3) is 0 Å². The summed E-state index contributed by atoms with van der Waals surface area (Å²) in [7, 11) is -1.44. The Kier molecular flexibility index (Phi) is 4.09. The van der Waals surface area contributed by atoms with Gasteiger partial charge in [-0.05, 0) is 24.6 Å². The highest BCUT2D eigenvalue weighted by atomic mass is 32.2. The van der Waals surface area contributed by atoms with Gasteiger partial charge in [-0.15, -0.1) is 0 Å². The van der Waals surface area contributed by atoms with Crippen LogP contribution in [-0.2, 0) is 16.6 Å². The molecular weight excluding hydrogens is 278 g/mol. The van der Waals surface area contributed by atoms with Crippen molar-refractivity contribution in [1.82, 2.24) is 4.98 Å². The Labute approximate surface area is 118 Å². The monoisotopic (exact) mass is 291 g/mol. The molecule has 2 aromatic rings. The second-order valence-electron chi connectivity index (χ2n) is 4.21.